The van der Waals surface area contributed by atoms with E-state index in [0.29, 0.717) is 43.7 Å². The van der Waals surface area contributed by atoms with Gasteiger partial charge >= 0.3 is 6.18 Å². The Morgan fingerprint density at radius 3 is 2.59 bits per heavy atom. The summed E-state index contributed by atoms with van der Waals surface area (Å²) in [5, 5.41) is 5.56. The Balaban J connectivity index is 1.13. The first kappa shape index (κ1) is 31.1. The van der Waals surface area contributed by atoms with E-state index in [4.69, 9.17) is 31.0 Å². The topological polar surface area (TPSA) is 107 Å². The Morgan fingerprint density at radius 2 is 1.89 bits per heavy atom. The smallest absolute Gasteiger partial charge is 0.451 e. The molecule has 0 saturated carbocycles. The van der Waals surface area contributed by atoms with Crippen LogP contribution in [0.5, 0.6) is 5.88 Å². The average Bonchev–Trinajstić information content (AvgIpc) is 3.60. The van der Waals surface area contributed by atoms with Gasteiger partial charge in [-0.3, -0.25) is 15.0 Å². The SMILES string of the molecule is Fc1cc(Cl)cc(F)c1COc1nc2c(cc1I)CCN(Cc1nc3cc(-c4n[nH]c(C(F)(F)F)n4)ncc3n1C[C@@H]1CCO1)C2. The highest BCUT2D eigenvalue weighted by Gasteiger charge is 2.35. The predicted molar refractivity (Wildman–Crippen MR) is 163 cm³/mol. The fourth-order valence-corrected chi connectivity index (χ4v) is 6.25. The molecule has 240 valence electrons. The van der Waals surface area contributed by atoms with Crippen LogP contribution in [0, 0.1) is 15.2 Å². The number of pyridine rings is 2. The van der Waals surface area contributed by atoms with Crippen LogP contribution in [0.25, 0.3) is 22.6 Å². The number of alkyl halides is 3. The van der Waals surface area contributed by atoms with Gasteiger partial charge in [-0.25, -0.2) is 23.7 Å². The summed E-state index contributed by atoms with van der Waals surface area (Å²) in [6.07, 6.45) is -1.47. The number of imidazole rings is 1. The molecule has 1 saturated heterocycles. The Hall–Kier alpha value is -3.48. The summed E-state index contributed by atoms with van der Waals surface area (Å²) in [6, 6.07) is 5.61. The molecule has 17 heteroatoms. The van der Waals surface area contributed by atoms with Crippen molar-refractivity contribution >= 4 is 45.2 Å². The quantitative estimate of drug-likeness (QED) is 0.149. The van der Waals surface area contributed by atoms with Crippen molar-refractivity contribution in [3.8, 4) is 17.4 Å². The Morgan fingerprint density at radius 1 is 1.11 bits per heavy atom. The number of nitrogens with one attached hydrogen (secondary N) is 1. The zero-order chi connectivity index (χ0) is 32.2. The lowest BCUT2D eigenvalue weighted by Crippen LogP contribution is -2.34. The molecule has 5 aromatic rings. The minimum absolute atomic E-state index is 0.0130. The molecule has 46 heavy (non-hydrogen) atoms. The molecule has 0 unspecified atom stereocenters. The number of fused-ring (bicyclic) bond motifs is 2. The fourth-order valence-electron chi connectivity index (χ4n) is 5.41. The first-order chi connectivity index (χ1) is 22.0. The van der Waals surface area contributed by atoms with Crippen LogP contribution in [0.15, 0.2) is 30.5 Å². The van der Waals surface area contributed by atoms with E-state index in [-0.39, 0.29) is 40.7 Å². The monoisotopic (exact) mass is 772 g/mol. The summed E-state index contributed by atoms with van der Waals surface area (Å²) in [5.74, 6) is -1.98. The average molecular weight is 773 g/mol. The van der Waals surface area contributed by atoms with Crippen LogP contribution in [-0.2, 0) is 43.6 Å². The van der Waals surface area contributed by atoms with Gasteiger partial charge in [-0.05, 0) is 65.3 Å². The molecule has 4 aromatic heterocycles. The van der Waals surface area contributed by atoms with Crippen LogP contribution in [-0.4, -0.2) is 58.9 Å². The summed E-state index contributed by atoms with van der Waals surface area (Å²) in [6.45, 7) is 2.50. The van der Waals surface area contributed by atoms with E-state index in [1.165, 1.54) is 0 Å². The second kappa shape index (κ2) is 12.3. The van der Waals surface area contributed by atoms with Gasteiger partial charge in [0.2, 0.25) is 11.7 Å². The maximum Gasteiger partial charge on any atom is 0.451 e. The lowest BCUT2D eigenvalue weighted by Gasteiger charge is -2.30. The standard InChI is InChI=1S/C29H23ClF5IN8O2/c30-15-6-18(31)17(19(32)7-15)13-46-27-20(36)5-14-1-3-43(11-23(14)39-27)12-25-38-21-8-22(26-40-28(42-41-26)29(33,34)35)37-9-24(21)44(25)10-16-2-4-45-16/h5-9,16H,1-4,10-13H2,(H,40,41,42)/t16-/m0/s1. The number of rotatable bonds is 8. The Labute approximate surface area is 276 Å². The van der Waals surface area contributed by atoms with Crippen LogP contribution >= 0.6 is 34.2 Å². The highest BCUT2D eigenvalue weighted by atomic mass is 127. The minimum Gasteiger partial charge on any atom is -0.472 e. The largest absolute Gasteiger partial charge is 0.472 e. The Bertz CT molecular complexity index is 1920. The van der Waals surface area contributed by atoms with Crippen molar-refractivity contribution in [2.75, 3.05) is 13.2 Å². The molecule has 1 aromatic carbocycles. The molecular formula is C29H23ClF5IN8O2. The van der Waals surface area contributed by atoms with Crippen molar-refractivity contribution in [2.45, 2.75) is 51.4 Å². The molecule has 2 aliphatic rings. The number of hydrogen-bond donors (Lipinski definition) is 1. The van der Waals surface area contributed by atoms with Crippen molar-refractivity contribution < 1.29 is 31.4 Å². The lowest BCUT2D eigenvalue weighted by molar-refractivity contribution is -0.144. The van der Waals surface area contributed by atoms with E-state index in [1.54, 1.807) is 12.3 Å². The summed E-state index contributed by atoms with van der Waals surface area (Å²) in [5.41, 5.74) is 3.00. The van der Waals surface area contributed by atoms with Crippen LogP contribution in [0.1, 0.15) is 34.9 Å². The second-order valence-electron chi connectivity index (χ2n) is 11.0. The maximum absolute atomic E-state index is 14.3. The van der Waals surface area contributed by atoms with Crippen LogP contribution in [0.3, 0.4) is 0 Å². The van der Waals surface area contributed by atoms with Crippen molar-refractivity contribution in [1.82, 2.24) is 39.6 Å². The third-order valence-corrected chi connectivity index (χ3v) is 8.87. The number of hydrogen-bond acceptors (Lipinski definition) is 8. The maximum atomic E-state index is 14.3. The summed E-state index contributed by atoms with van der Waals surface area (Å²) >= 11 is 7.83. The number of H-pyrrole nitrogens is 1. The molecule has 1 atom stereocenters. The molecule has 2 aliphatic heterocycles. The van der Waals surface area contributed by atoms with E-state index < -0.39 is 23.6 Å². The van der Waals surface area contributed by atoms with E-state index in [0.717, 1.165) is 45.8 Å². The highest BCUT2D eigenvalue weighted by molar-refractivity contribution is 14.1. The molecule has 6 heterocycles. The van der Waals surface area contributed by atoms with Gasteiger partial charge in [0.05, 0.1) is 51.3 Å². The van der Waals surface area contributed by atoms with Crippen LogP contribution < -0.4 is 4.74 Å². The van der Waals surface area contributed by atoms with Crippen LogP contribution in [0.4, 0.5) is 22.0 Å². The number of benzene rings is 1. The predicted octanol–water partition coefficient (Wildman–Crippen LogP) is 6.09. The first-order valence-electron chi connectivity index (χ1n) is 14.2. The minimum atomic E-state index is -4.66. The van der Waals surface area contributed by atoms with E-state index in [2.05, 4.69) is 42.6 Å². The molecule has 0 radical (unpaired) electrons. The zero-order valence-electron chi connectivity index (χ0n) is 23.7. The molecular weight excluding hydrogens is 750 g/mol. The third-order valence-electron chi connectivity index (χ3n) is 7.88. The molecule has 0 spiro atoms. The molecule has 0 amide bonds. The number of aromatic nitrogens is 7. The molecule has 10 nitrogen and oxygen atoms in total. The van der Waals surface area contributed by atoms with Gasteiger partial charge in [-0.15, -0.1) is 0 Å². The van der Waals surface area contributed by atoms with Gasteiger partial charge in [-0.1, -0.05) is 11.6 Å². The van der Waals surface area contributed by atoms with Gasteiger partial charge in [0.15, 0.2) is 5.82 Å². The number of aromatic amines is 1. The molecule has 1 N–H and O–H groups in total. The van der Waals surface area contributed by atoms with Gasteiger partial charge in [0.25, 0.3) is 0 Å². The van der Waals surface area contributed by atoms with E-state index in [1.807, 2.05) is 15.7 Å². The highest BCUT2D eigenvalue weighted by Crippen LogP contribution is 2.31. The van der Waals surface area contributed by atoms with Gasteiger partial charge in [0, 0.05) is 24.7 Å². The zero-order valence-corrected chi connectivity index (χ0v) is 26.6. The fraction of sp³-hybridized carbons (Fsp3) is 0.345. The second-order valence-corrected chi connectivity index (χ2v) is 12.6. The van der Waals surface area contributed by atoms with Gasteiger partial charge in [-0.2, -0.15) is 18.3 Å². The molecule has 0 aliphatic carbocycles. The van der Waals surface area contributed by atoms with Gasteiger partial charge < -0.3 is 14.0 Å². The summed E-state index contributed by atoms with van der Waals surface area (Å²) in [7, 11) is 0. The third kappa shape index (κ3) is 6.26. The van der Waals surface area contributed by atoms with E-state index >= 15 is 0 Å². The Kier molecular flexibility index (Phi) is 8.31. The van der Waals surface area contributed by atoms with Crippen molar-refractivity contribution in [1.29, 1.82) is 0 Å². The molecule has 1 fully saturated rings. The number of nitrogens with zero attached hydrogens (tertiary/aromatic N) is 7. The van der Waals surface area contributed by atoms with E-state index in [9.17, 15) is 22.0 Å². The first-order valence-corrected chi connectivity index (χ1v) is 15.6. The lowest BCUT2D eigenvalue weighted by atomic mass is 10.1. The summed E-state index contributed by atoms with van der Waals surface area (Å²) < 4.78 is 82.0. The van der Waals surface area contributed by atoms with Gasteiger partial charge in [0.1, 0.15) is 29.8 Å². The number of halogens is 7. The van der Waals surface area contributed by atoms with Crippen molar-refractivity contribution in [2.24, 2.45) is 0 Å². The summed E-state index contributed by atoms with van der Waals surface area (Å²) in [4.78, 5) is 19.6. The number of ether oxygens (including phenoxy) is 2. The molecule has 0 bridgehead atoms. The normalized spacial score (nSPS) is 16.9. The molecule has 7 rings (SSSR count). The van der Waals surface area contributed by atoms with Crippen molar-refractivity contribution in [3.05, 3.63) is 79.2 Å². The van der Waals surface area contributed by atoms with Crippen molar-refractivity contribution in [3.63, 3.8) is 0 Å². The van der Waals surface area contributed by atoms with Crippen LogP contribution in [0.2, 0.25) is 5.02 Å².